The summed E-state index contributed by atoms with van der Waals surface area (Å²) in [7, 11) is 0. The molecule has 5 heteroatoms. The van der Waals surface area contributed by atoms with Crippen molar-refractivity contribution in [1.82, 2.24) is 9.78 Å². The summed E-state index contributed by atoms with van der Waals surface area (Å²) in [5, 5.41) is 7.81. The van der Waals surface area contributed by atoms with Gasteiger partial charge in [0.05, 0.1) is 5.69 Å². The van der Waals surface area contributed by atoms with Gasteiger partial charge in [-0.1, -0.05) is 43.1 Å². The SMILES string of the molecule is Cc1ccc(NC(=O)C=Cc2c(C)nn(CC(C)C)c2Cl)cc1. The first-order chi connectivity index (χ1) is 10.9. The Kier molecular flexibility index (Phi) is 5.61. The van der Waals surface area contributed by atoms with E-state index in [4.69, 9.17) is 11.6 Å². The van der Waals surface area contributed by atoms with E-state index in [0.717, 1.165) is 29.1 Å². The zero-order valence-electron chi connectivity index (χ0n) is 13.9. The first kappa shape index (κ1) is 17.3. The average molecular weight is 332 g/mol. The predicted octanol–water partition coefficient (Wildman–Crippen LogP) is 4.46. The highest BCUT2D eigenvalue weighted by molar-refractivity contribution is 6.31. The minimum absolute atomic E-state index is 0.194. The van der Waals surface area contributed by atoms with Crippen LogP contribution in [0.15, 0.2) is 30.3 Å². The highest BCUT2D eigenvalue weighted by Gasteiger charge is 2.12. The standard InChI is InChI=1S/C18H22ClN3O/c1-12(2)11-22-18(19)16(14(4)21-22)9-10-17(23)20-15-7-5-13(3)6-8-15/h5-10,12H,11H2,1-4H3,(H,20,23). The maximum Gasteiger partial charge on any atom is 0.248 e. The van der Waals surface area contributed by atoms with Crippen molar-refractivity contribution in [2.24, 2.45) is 5.92 Å². The molecule has 0 radical (unpaired) electrons. The van der Waals surface area contributed by atoms with E-state index in [0.29, 0.717) is 11.1 Å². The van der Waals surface area contributed by atoms with Crippen LogP contribution in [0.2, 0.25) is 5.15 Å². The number of aryl methyl sites for hydroxylation is 2. The fourth-order valence-corrected chi connectivity index (χ4v) is 2.51. The number of anilines is 1. The molecule has 0 spiro atoms. The maximum atomic E-state index is 12.0. The largest absolute Gasteiger partial charge is 0.323 e. The minimum Gasteiger partial charge on any atom is -0.323 e. The zero-order valence-corrected chi connectivity index (χ0v) is 14.7. The van der Waals surface area contributed by atoms with Gasteiger partial charge >= 0.3 is 0 Å². The van der Waals surface area contributed by atoms with Crippen LogP contribution >= 0.6 is 11.6 Å². The lowest BCUT2D eigenvalue weighted by atomic mass is 10.2. The van der Waals surface area contributed by atoms with E-state index in [1.807, 2.05) is 38.1 Å². The van der Waals surface area contributed by atoms with Gasteiger partial charge in [-0.2, -0.15) is 5.10 Å². The minimum atomic E-state index is -0.194. The normalized spacial score (nSPS) is 11.4. The molecule has 1 aromatic carbocycles. The molecule has 1 N–H and O–H groups in total. The number of carbonyl (C=O) groups is 1. The lowest BCUT2D eigenvalue weighted by Gasteiger charge is -2.05. The van der Waals surface area contributed by atoms with Crippen LogP contribution in [0.4, 0.5) is 5.69 Å². The van der Waals surface area contributed by atoms with Crippen LogP contribution < -0.4 is 5.32 Å². The van der Waals surface area contributed by atoms with Gasteiger partial charge < -0.3 is 5.32 Å². The highest BCUT2D eigenvalue weighted by Crippen LogP contribution is 2.22. The summed E-state index contributed by atoms with van der Waals surface area (Å²) in [4.78, 5) is 12.0. The molecule has 4 nitrogen and oxygen atoms in total. The van der Waals surface area contributed by atoms with Gasteiger partial charge in [0.2, 0.25) is 5.91 Å². The van der Waals surface area contributed by atoms with Crippen LogP contribution in [0.1, 0.15) is 30.7 Å². The second-order valence-electron chi connectivity index (χ2n) is 6.05. The monoisotopic (exact) mass is 331 g/mol. The summed E-state index contributed by atoms with van der Waals surface area (Å²) in [5.74, 6) is 0.259. The Hall–Kier alpha value is -2.07. The summed E-state index contributed by atoms with van der Waals surface area (Å²) in [6.07, 6.45) is 3.19. The number of rotatable bonds is 5. The molecular formula is C18H22ClN3O. The number of carbonyl (C=O) groups excluding carboxylic acids is 1. The number of nitrogens with zero attached hydrogens (tertiary/aromatic N) is 2. The van der Waals surface area contributed by atoms with Crippen molar-refractivity contribution >= 4 is 29.3 Å². The molecule has 0 aliphatic carbocycles. The highest BCUT2D eigenvalue weighted by atomic mass is 35.5. The number of amides is 1. The number of hydrogen-bond donors (Lipinski definition) is 1. The predicted molar refractivity (Wildman–Crippen MR) is 95.7 cm³/mol. The summed E-state index contributed by atoms with van der Waals surface area (Å²) in [6, 6.07) is 7.66. The van der Waals surface area contributed by atoms with Crippen molar-refractivity contribution in [1.29, 1.82) is 0 Å². The van der Waals surface area contributed by atoms with E-state index < -0.39 is 0 Å². The van der Waals surface area contributed by atoms with Crippen LogP contribution in [0.3, 0.4) is 0 Å². The van der Waals surface area contributed by atoms with E-state index in [2.05, 4.69) is 24.3 Å². The Morgan fingerprint density at radius 2 is 1.96 bits per heavy atom. The van der Waals surface area contributed by atoms with Crippen molar-refractivity contribution in [3.05, 3.63) is 52.3 Å². The van der Waals surface area contributed by atoms with Gasteiger partial charge in [0.1, 0.15) is 5.15 Å². The molecule has 0 bridgehead atoms. The van der Waals surface area contributed by atoms with Crippen LogP contribution in [-0.4, -0.2) is 15.7 Å². The molecule has 0 aliphatic rings. The summed E-state index contributed by atoms with van der Waals surface area (Å²) >= 11 is 6.35. The second-order valence-corrected chi connectivity index (χ2v) is 6.41. The molecule has 0 aliphatic heterocycles. The molecule has 2 aromatic rings. The van der Waals surface area contributed by atoms with Crippen LogP contribution in [-0.2, 0) is 11.3 Å². The lowest BCUT2D eigenvalue weighted by molar-refractivity contribution is -0.111. The number of benzene rings is 1. The number of halogens is 1. The van der Waals surface area contributed by atoms with Gasteiger partial charge in [0, 0.05) is 23.9 Å². The third-order valence-corrected chi connectivity index (χ3v) is 3.77. The van der Waals surface area contributed by atoms with E-state index in [9.17, 15) is 4.79 Å². The van der Waals surface area contributed by atoms with E-state index in [1.54, 1.807) is 10.8 Å². The van der Waals surface area contributed by atoms with Crippen molar-refractivity contribution in [2.75, 3.05) is 5.32 Å². The zero-order chi connectivity index (χ0) is 17.0. The molecule has 1 aromatic heterocycles. The average Bonchev–Trinajstić information content (AvgIpc) is 2.73. The summed E-state index contributed by atoms with van der Waals surface area (Å²) < 4.78 is 1.78. The van der Waals surface area contributed by atoms with Gasteiger partial charge in [-0.05, 0) is 38.0 Å². The van der Waals surface area contributed by atoms with Crippen molar-refractivity contribution in [3.8, 4) is 0 Å². The molecule has 0 saturated heterocycles. The summed E-state index contributed by atoms with van der Waals surface area (Å²) in [6.45, 7) is 8.87. The van der Waals surface area contributed by atoms with Crippen molar-refractivity contribution in [3.63, 3.8) is 0 Å². The van der Waals surface area contributed by atoms with Crippen LogP contribution in [0, 0.1) is 19.8 Å². The second kappa shape index (κ2) is 7.47. The molecule has 0 unspecified atom stereocenters. The van der Waals surface area contributed by atoms with Gasteiger partial charge in [-0.3, -0.25) is 9.48 Å². The molecule has 1 heterocycles. The molecule has 0 saturated carbocycles. The first-order valence-corrected chi connectivity index (χ1v) is 8.03. The maximum absolute atomic E-state index is 12.0. The van der Waals surface area contributed by atoms with E-state index >= 15 is 0 Å². The molecule has 23 heavy (non-hydrogen) atoms. The Balaban J connectivity index is 2.08. The van der Waals surface area contributed by atoms with Crippen molar-refractivity contribution < 1.29 is 4.79 Å². The summed E-state index contributed by atoms with van der Waals surface area (Å²) in [5.41, 5.74) is 3.52. The van der Waals surface area contributed by atoms with Gasteiger partial charge in [-0.15, -0.1) is 0 Å². The topological polar surface area (TPSA) is 46.9 Å². The van der Waals surface area contributed by atoms with Crippen LogP contribution in [0.25, 0.3) is 6.08 Å². The van der Waals surface area contributed by atoms with Crippen LogP contribution in [0.5, 0.6) is 0 Å². The quantitative estimate of drug-likeness (QED) is 0.822. The molecular weight excluding hydrogens is 310 g/mol. The molecule has 0 atom stereocenters. The Morgan fingerprint density at radius 3 is 2.57 bits per heavy atom. The van der Waals surface area contributed by atoms with Crippen molar-refractivity contribution in [2.45, 2.75) is 34.2 Å². The van der Waals surface area contributed by atoms with Gasteiger partial charge in [0.25, 0.3) is 0 Å². The van der Waals surface area contributed by atoms with Gasteiger partial charge in [0.15, 0.2) is 0 Å². The third-order valence-electron chi connectivity index (χ3n) is 3.37. The molecule has 122 valence electrons. The molecule has 1 amide bonds. The van der Waals surface area contributed by atoms with Gasteiger partial charge in [-0.25, -0.2) is 0 Å². The third kappa shape index (κ3) is 4.70. The fraction of sp³-hybridized carbons (Fsp3) is 0.333. The Morgan fingerprint density at radius 1 is 1.30 bits per heavy atom. The Labute approximate surface area is 142 Å². The van der Waals surface area contributed by atoms with E-state index in [-0.39, 0.29) is 5.91 Å². The number of hydrogen-bond acceptors (Lipinski definition) is 2. The first-order valence-electron chi connectivity index (χ1n) is 7.65. The smallest absolute Gasteiger partial charge is 0.248 e. The number of aromatic nitrogens is 2. The van der Waals surface area contributed by atoms with E-state index in [1.165, 1.54) is 6.08 Å². The molecule has 2 rings (SSSR count). The molecule has 0 fully saturated rings. The number of nitrogens with one attached hydrogen (secondary N) is 1. The Bertz CT molecular complexity index is 715. The lowest BCUT2D eigenvalue weighted by Crippen LogP contribution is -2.07. The fourth-order valence-electron chi connectivity index (χ4n) is 2.20.